The van der Waals surface area contributed by atoms with Gasteiger partial charge < -0.3 is 19.5 Å². The molecule has 5 nitrogen and oxygen atoms in total. The Kier molecular flexibility index (Phi) is 4.06. The zero-order valence-electron chi connectivity index (χ0n) is 11.9. The smallest absolute Gasteiger partial charge is 0.255 e. The van der Waals surface area contributed by atoms with E-state index in [1.54, 1.807) is 36.4 Å². The molecule has 1 aliphatic heterocycles. The number of fused-ring (bicyclic) bond motifs is 1. The number of methoxy groups -OCH3 is 1. The topological polar surface area (TPSA) is 56.8 Å². The van der Waals surface area contributed by atoms with Gasteiger partial charge in [-0.3, -0.25) is 4.79 Å². The van der Waals surface area contributed by atoms with Gasteiger partial charge in [0.15, 0.2) is 11.5 Å². The number of amides is 1. The molecule has 1 aliphatic rings. The molecule has 2 aromatic carbocycles. The van der Waals surface area contributed by atoms with Crippen molar-refractivity contribution in [3.8, 4) is 17.2 Å². The molecule has 1 heterocycles. The first-order valence-corrected chi connectivity index (χ1v) is 7.10. The van der Waals surface area contributed by atoms with E-state index in [1.807, 2.05) is 0 Å². The fraction of sp³-hybridized carbons (Fsp3) is 0.188. The van der Waals surface area contributed by atoms with E-state index in [4.69, 9.17) is 25.8 Å². The van der Waals surface area contributed by atoms with E-state index < -0.39 is 0 Å². The Morgan fingerprint density at radius 3 is 2.68 bits per heavy atom. The largest absolute Gasteiger partial charge is 0.495 e. The van der Waals surface area contributed by atoms with E-state index in [0.717, 1.165) is 0 Å². The zero-order chi connectivity index (χ0) is 15.5. The molecule has 0 atom stereocenters. The predicted molar refractivity (Wildman–Crippen MR) is 83.4 cm³/mol. The van der Waals surface area contributed by atoms with Gasteiger partial charge in [0, 0.05) is 10.6 Å². The summed E-state index contributed by atoms with van der Waals surface area (Å²) in [5.74, 6) is 1.47. The van der Waals surface area contributed by atoms with Crippen molar-refractivity contribution in [2.24, 2.45) is 0 Å². The van der Waals surface area contributed by atoms with Gasteiger partial charge in [-0.25, -0.2) is 0 Å². The molecular formula is C16H14ClNO4. The Bertz CT molecular complexity index is 717. The maximum Gasteiger partial charge on any atom is 0.255 e. The number of anilines is 1. The molecule has 0 saturated heterocycles. The lowest BCUT2D eigenvalue weighted by Crippen LogP contribution is -2.17. The molecule has 0 unspecified atom stereocenters. The molecule has 0 saturated carbocycles. The van der Waals surface area contributed by atoms with E-state index >= 15 is 0 Å². The highest BCUT2D eigenvalue weighted by atomic mass is 35.5. The van der Waals surface area contributed by atoms with Crippen molar-refractivity contribution in [3.05, 3.63) is 47.0 Å². The number of rotatable bonds is 3. The molecule has 2 aromatic rings. The van der Waals surface area contributed by atoms with E-state index in [-0.39, 0.29) is 5.91 Å². The second-order valence-electron chi connectivity index (χ2n) is 4.66. The van der Waals surface area contributed by atoms with Crippen molar-refractivity contribution in [2.75, 3.05) is 25.6 Å². The lowest BCUT2D eigenvalue weighted by atomic mass is 10.1. The van der Waals surface area contributed by atoms with Crippen LogP contribution in [0, 0.1) is 0 Å². The van der Waals surface area contributed by atoms with E-state index in [0.29, 0.717) is 46.7 Å². The average Bonchev–Trinajstić information content (AvgIpc) is 2.54. The predicted octanol–water partition coefficient (Wildman–Crippen LogP) is 3.37. The molecule has 1 N–H and O–H groups in total. The van der Waals surface area contributed by atoms with Crippen LogP contribution in [0.1, 0.15) is 10.4 Å². The first kappa shape index (κ1) is 14.5. The number of benzene rings is 2. The van der Waals surface area contributed by atoms with Crippen molar-refractivity contribution >= 4 is 23.2 Å². The highest BCUT2D eigenvalue weighted by Crippen LogP contribution is 2.32. The standard InChI is InChI=1S/C16H14ClNO4/c1-20-13-5-3-11(17)9-12(13)18-16(19)10-2-4-14-15(8-10)22-7-6-21-14/h2-5,8-9H,6-7H2,1H3,(H,18,19). The van der Waals surface area contributed by atoms with Crippen LogP contribution in [0.3, 0.4) is 0 Å². The van der Waals surface area contributed by atoms with Crippen LogP contribution in [0.5, 0.6) is 17.2 Å². The average molecular weight is 320 g/mol. The monoisotopic (exact) mass is 319 g/mol. The summed E-state index contributed by atoms with van der Waals surface area (Å²) in [7, 11) is 1.53. The summed E-state index contributed by atoms with van der Waals surface area (Å²) >= 11 is 5.95. The van der Waals surface area contributed by atoms with Crippen LogP contribution in [0.4, 0.5) is 5.69 Å². The number of halogens is 1. The summed E-state index contributed by atoms with van der Waals surface area (Å²) in [6.07, 6.45) is 0. The first-order chi connectivity index (χ1) is 10.7. The molecule has 0 aromatic heterocycles. The van der Waals surface area contributed by atoms with Crippen LogP contribution in [0.15, 0.2) is 36.4 Å². The molecule has 114 valence electrons. The second kappa shape index (κ2) is 6.15. The van der Waals surface area contributed by atoms with Gasteiger partial charge in [0.25, 0.3) is 5.91 Å². The van der Waals surface area contributed by atoms with Gasteiger partial charge in [-0.1, -0.05) is 11.6 Å². The van der Waals surface area contributed by atoms with E-state index in [9.17, 15) is 4.79 Å². The zero-order valence-corrected chi connectivity index (χ0v) is 12.6. The molecule has 0 aliphatic carbocycles. The van der Waals surface area contributed by atoms with Crippen molar-refractivity contribution in [1.29, 1.82) is 0 Å². The number of hydrogen-bond acceptors (Lipinski definition) is 4. The lowest BCUT2D eigenvalue weighted by Gasteiger charge is -2.18. The quantitative estimate of drug-likeness (QED) is 0.942. The molecule has 1 amide bonds. The Morgan fingerprint density at radius 2 is 1.91 bits per heavy atom. The number of ether oxygens (including phenoxy) is 3. The second-order valence-corrected chi connectivity index (χ2v) is 5.09. The molecule has 6 heteroatoms. The van der Waals surface area contributed by atoms with Crippen LogP contribution in [-0.4, -0.2) is 26.2 Å². The Balaban J connectivity index is 1.84. The molecular weight excluding hydrogens is 306 g/mol. The van der Waals surface area contributed by atoms with E-state index in [2.05, 4.69) is 5.32 Å². The minimum atomic E-state index is -0.280. The maximum atomic E-state index is 12.4. The van der Waals surface area contributed by atoms with Crippen LogP contribution in [-0.2, 0) is 0 Å². The van der Waals surface area contributed by atoms with Gasteiger partial charge >= 0.3 is 0 Å². The maximum absolute atomic E-state index is 12.4. The Morgan fingerprint density at radius 1 is 1.14 bits per heavy atom. The molecule has 3 rings (SSSR count). The van der Waals surface area contributed by atoms with E-state index in [1.165, 1.54) is 7.11 Å². The fourth-order valence-electron chi connectivity index (χ4n) is 2.16. The van der Waals surface area contributed by atoms with Crippen LogP contribution >= 0.6 is 11.6 Å². The summed E-state index contributed by atoms with van der Waals surface area (Å²) in [6.45, 7) is 0.985. The molecule has 0 spiro atoms. The summed E-state index contributed by atoms with van der Waals surface area (Å²) in [4.78, 5) is 12.4. The first-order valence-electron chi connectivity index (χ1n) is 6.72. The van der Waals surface area contributed by atoms with Crippen molar-refractivity contribution in [3.63, 3.8) is 0 Å². The van der Waals surface area contributed by atoms with Crippen molar-refractivity contribution in [2.45, 2.75) is 0 Å². The summed E-state index contributed by atoms with van der Waals surface area (Å²) in [5.41, 5.74) is 0.973. The Hall–Kier alpha value is -2.40. The number of hydrogen-bond donors (Lipinski definition) is 1. The lowest BCUT2D eigenvalue weighted by molar-refractivity contribution is 0.102. The van der Waals surface area contributed by atoms with Crippen molar-refractivity contribution in [1.82, 2.24) is 0 Å². The van der Waals surface area contributed by atoms with Gasteiger partial charge in [0.05, 0.1) is 12.8 Å². The van der Waals surface area contributed by atoms with Gasteiger partial charge in [-0.15, -0.1) is 0 Å². The van der Waals surface area contributed by atoms with Crippen LogP contribution < -0.4 is 19.5 Å². The highest BCUT2D eigenvalue weighted by Gasteiger charge is 2.16. The normalized spacial score (nSPS) is 12.6. The van der Waals surface area contributed by atoms with Crippen LogP contribution in [0.25, 0.3) is 0 Å². The fourth-order valence-corrected chi connectivity index (χ4v) is 2.33. The third kappa shape index (κ3) is 2.94. The number of carbonyl (C=O) groups excluding carboxylic acids is 1. The van der Waals surface area contributed by atoms with Gasteiger partial charge in [0.2, 0.25) is 0 Å². The van der Waals surface area contributed by atoms with Gasteiger partial charge in [-0.2, -0.15) is 0 Å². The minimum Gasteiger partial charge on any atom is -0.495 e. The van der Waals surface area contributed by atoms with Gasteiger partial charge in [-0.05, 0) is 36.4 Å². The molecule has 0 radical (unpaired) electrons. The minimum absolute atomic E-state index is 0.280. The molecule has 0 bridgehead atoms. The molecule has 22 heavy (non-hydrogen) atoms. The molecule has 0 fully saturated rings. The SMILES string of the molecule is COc1ccc(Cl)cc1NC(=O)c1ccc2c(c1)OCCO2. The number of nitrogens with one attached hydrogen (secondary N) is 1. The summed E-state index contributed by atoms with van der Waals surface area (Å²) < 4.78 is 16.1. The van der Waals surface area contributed by atoms with Crippen molar-refractivity contribution < 1.29 is 19.0 Å². The van der Waals surface area contributed by atoms with Gasteiger partial charge in [0.1, 0.15) is 19.0 Å². The highest BCUT2D eigenvalue weighted by molar-refractivity contribution is 6.31. The third-order valence-electron chi connectivity index (χ3n) is 3.21. The third-order valence-corrected chi connectivity index (χ3v) is 3.45. The summed E-state index contributed by atoms with van der Waals surface area (Å²) in [5, 5.41) is 3.29. The summed E-state index contributed by atoms with van der Waals surface area (Å²) in [6, 6.07) is 10.1. The number of carbonyl (C=O) groups is 1. The Labute approximate surface area is 132 Å². The van der Waals surface area contributed by atoms with Crippen LogP contribution in [0.2, 0.25) is 5.02 Å².